The predicted octanol–water partition coefficient (Wildman–Crippen LogP) is 2.44. The van der Waals surface area contributed by atoms with Gasteiger partial charge >= 0.3 is 6.09 Å². The van der Waals surface area contributed by atoms with Crippen LogP contribution >= 0.6 is 0 Å². The van der Waals surface area contributed by atoms with Crippen LogP contribution in [-0.2, 0) is 9.53 Å². The normalized spacial score (nSPS) is 9.71. The van der Waals surface area contributed by atoms with Gasteiger partial charge in [0.15, 0.2) is 6.61 Å². The molecule has 0 bridgehead atoms. The zero-order valence-corrected chi connectivity index (χ0v) is 13.6. The van der Waals surface area contributed by atoms with Crippen LogP contribution in [0.15, 0.2) is 42.5 Å². The summed E-state index contributed by atoms with van der Waals surface area (Å²) in [4.78, 5) is 22.2. The summed E-state index contributed by atoms with van der Waals surface area (Å²) in [5.74, 6) is 5.96. The van der Waals surface area contributed by atoms with Gasteiger partial charge in [0.25, 0.3) is 5.91 Å². The third-order valence-electron chi connectivity index (χ3n) is 3.37. The Hall–Kier alpha value is -3.00. The molecule has 0 atom stereocenters. The number of alkyl carbamates (subject to hydrolysis) is 1. The number of rotatable bonds is 5. The Morgan fingerprint density at radius 3 is 2.75 bits per heavy atom. The number of unbranched alkanes of at least 4 members (excludes halogenated alkanes) is 1. The van der Waals surface area contributed by atoms with Crippen LogP contribution < -0.4 is 10.6 Å². The lowest BCUT2D eigenvalue weighted by Gasteiger charge is -2.04. The summed E-state index contributed by atoms with van der Waals surface area (Å²) in [5.41, 5.74) is 1.01. The first-order valence-electron chi connectivity index (χ1n) is 7.78. The summed E-state index contributed by atoms with van der Waals surface area (Å²) in [6.45, 7) is 0.181. The highest BCUT2D eigenvalue weighted by atomic mass is 16.6. The Morgan fingerprint density at radius 2 is 1.92 bits per heavy atom. The van der Waals surface area contributed by atoms with Gasteiger partial charge in [-0.15, -0.1) is 0 Å². The third-order valence-corrected chi connectivity index (χ3v) is 3.37. The number of amides is 2. The van der Waals surface area contributed by atoms with Crippen molar-refractivity contribution < 1.29 is 14.3 Å². The molecule has 0 aromatic heterocycles. The predicted molar refractivity (Wildman–Crippen MR) is 93.5 cm³/mol. The smallest absolute Gasteiger partial charge is 0.407 e. The average Bonchev–Trinajstić information content (AvgIpc) is 2.62. The van der Waals surface area contributed by atoms with E-state index in [-0.39, 0.29) is 12.5 Å². The Morgan fingerprint density at radius 1 is 1.12 bits per heavy atom. The van der Waals surface area contributed by atoms with Gasteiger partial charge in [-0.3, -0.25) is 4.79 Å². The number of hydrogen-bond acceptors (Lipinski definition) is 3. The van der Waals surface area contributed by atoms with Crippen molar-refractivity contribution >= 4 is 22.8 Å². The molecule has 5 nitrogen and oxygen atoms in total. The van der Waals surface area contributed by atoms with E-state index in [4.69, 9.17) is 4.74 Å². The van der Waals surface area contributed by atoms with Crippen molar-refractivity contribution in [1.29, 1.82) is 0 Å². The number of likely N-dealkylation sites (N-methyl/N-ethyl adjacent to an activating group) is 1. The Balaban J connectivity index is 1.74. The summed E-state index contributed by atoms with van der Waals surface area (Å²) in [5, 5.41) is 7.26. The van der Waals surface area contributed by atoms with Gasteiger partial charge < -0.3 is 15.4 Å². The molecule has 2 aromatic rings. The quantitative estimate of drug-likeness (QED) is 0.656. The fraction of sp³-hybridized carbons (Fsp3) is 0.263. The van der Waals surface area contributed by atoms with Crippen LogP contribution in [0.25, 0.3) is 10.8 Å². The molecule has 2 aromatic carbocycles. The van der Waals surface area contributed by atoms with Gasteiger partial charge in [-0.05, 0) is 23.3 Å². The number of benzene rings is 2. The molecule has 0 saturated heterocycles. The first-order chi connectivity index (χ1) is 11.7. The molecular weight excluding hydrogens is 304 g/mol. The molecule has 5 heteroatoms. The van der Waals surface area contributed by atoms with Crippen LogP contribution in [0.1, 0.15) is 18.4 Å². The van der Waals surface area contributed by atoms with E-state index < -0.39 is 6.09 Å². The minimum Gasteiger partial charge on any atom is -0.439 e. The first kappa shape index (κ1) is 17.4. The minimum absolute atomic E-state index is 0.275. The van der Waals surface area contributed by atoms with E-state index in [1.54, 1.807) is 0 Å². The third kappa shape index (κ3) is 5.33. The molecule has 24 heavy (non-hydrogen) atoms. The molecule has 0 spiro atoms. The fourth-order valence-corrected chi connectivity index (χ4v) is 2.11. The number of hydrogen-bond donors (Lipinski definition) is 2. The van der Waals surface area contributed by atoms with E-state index in [0.717, 1.165) is 10.9 Å². The largest absolute Gasteiger partial charge is 0.439 e. The zero-order chi connectivity index (χ0) is 17.2. The van der Waals surface area contributed by atoms with Crippen molar-refractivity contribution in [3.05, 3.63) is 48.0 Å². The summed E-state index contributed by atoms with van der Waals surface area (Å²) in [6, 6.07) is 14.2. The summed E-state index contributed by atoms with van der Waals surface area (Å²) in [7, 11) is 1.48. The molecule has 0 aliphatic carbocycles. The van der Waals surface area contributed by atoms with E-state index in [1.807, 2.05) is 24.3 Å². The van der Waals surface area contributed by atoms with Gasteiger partial charge in [0, 0.05) is 25.6 Å². The van der Waals surface area contributed by atoms with E-state index in [0.29, 0.717) is 19.4 Å². The maximum atomic E-state index is 11.3. The molecule has 0 aliphatic heterocycles. The summed E-state index contributed by atoms with van der Waals surface area (Å²) in [6.07, 6.45) is 0.784. The van der Waals surface area contributed by atoms with Crippen LogP contribution in [0, 0.1) is 11.8 Å². The average molecular weight is 324 g/mol. The second kappa shape index (κ2) is 9.21. The topological polar surface area (TPSA) is 67.4 Å². The van der Waals surface area contributed by atoms with Gasteiger partial charge in [0.1, 0.15) is 0 Å². The van der Waals surface area contributed by atoms with Gasteiger partial charge in [0.2, 0.25) is 0 Å². The van der Waals surface area contributed by atoms with E-state index in [2.05, 4.69) is 40.7 Å². The molecule has 0 unspecified atom stereocenters. The molecular formula is C19H20N2O3. The minimum atomic E-state index is -0.597. The molecule has 0 aliphatic rings. The van der Waals surface area contributed by atoms with Crippen molar-refractivity contribution in [3.8, 4) is 11.8 Å². The lowest BCUT2D eigenvalue weighted by atomic mass is 10.0. The highest BCUT2D eigenvalue weighted by Gasteiger charge is 2.04. The first-order valence-corrected chi connectivity index (χ1v) is 7.78. The van der Waals surface area contributed by atoms with Crippen LogP contribution in [0.3, 0.4) is 0 Å². The second-order valence-corrected chi connectivity index (χ2v) is 5.11. The molecule has 2 rings (SSSR count). The van der Waals surface area contributed by atoms with Gasteiger partial charge in [0.05, 0.1) is 0 Å². The standard InChI is InChI=1S/C19H20N2O3/c1-20-18(22)14-24-19(23)21-13-6-2-3-8-15-10-7-11-16-9-4-5-12-17(15)16/h4-5,7,9-12H,2,6,13-14H2,1H3,(H,20,22)(H,21,23). The Bertz CT molecular complexity index is 770. The van der Waals surface area contributed by atoms with Gasteiger partial charge in [-0.2, -0.15) is 0 Å². The summed E-state index contributed by atoms with van der Waals surface area (Å²) < 4.78 is 4.72. The van der Waals surface area contributed by atoms with Crippen molar-refractivity contribution in [2.45, 2.75) is 12.8 Å². The molecule has 0 heterocycles. The van der Waals surface area contributed by atoms with Crippen LogP contribution in [-0.4, -0.2) is 32.2 Å². The van der Waals surface area contributed by atoms with Crippen LogP contribution in [0.4, 0.5) is 4.79 Å². The maximum absolute atomic E-state index is 11.3. The van der Waals surface area contributed by atoms with Crippen molar-refractivity contribution in [3.63, 3.8) is 0 Å². The monoisotopic (exact) mass is 324 g/mol. The maximum Gasteiger partial charge on any atom is 0.407 e. The number of carbonyl (C=O) groups is 2. The van der Waals surface area contributed by atoms with Crippen molar-refractivity contribution in [1.82, 2.24) is 10.6 Å². The van der Waals surface area contributed by atoms with E-state index in [9.17, 15) is 9.59 Å². The highest BCUT2D eigenvalue weighted by molar-refractivity contribution is 5.88. The van der Waals surface area contributed by atoms with E-state index >= 15 is 0 Å². The molecule has 2 amide bonds. The number of fused-ring (bicyclic) bond motifs is 1. The van der Waals surface area contributed by atoms with Crippen molar-refractivity contribution in [2.24, 2.45) is 0 Å². The SMILES string of the molecule is CNC(=O)COC(=O)NCCCC#Cc1cccc2ccccc12. The molecule has 2 N–H and O–H groups in total. The zero-order valence-electron chi connectivity index (χ0n) is 13.6. The number of carbonyl (C=O) groups excluding carboxylic acids is 2. The number of ether oxygens (including phenoxy) is 1. The fourth-order valence-electron chi connectivity index (χ4n) is 2.11. The number of nitrogens with one attached hydrogen (secondary N) is 2. The highest BCUT2D eigenvalue weighted by Crippen LogP contribution is 2.17. The molecule has 0 fully saturated rings. The van der Waals surface area contributed by atoms with E-state index in [1.165, 1.54) is 12.4 Å². The molecule has 0 saturated carbocycles. The lowest BCUT2D eigenvalue weighted by molar-refractivity contribution is -0.123. The second-order valence-electron chi connectivity index (χ2n) is 5.11. The summed E-state index contributed by atoms with van der Waals surface area (Å²) >= 11 is 0. The molecule has 124 valence electrons. The van der Waals surface area contributed by atoms with Gasteiger partial charge in [-0.1, -0.05) is 48.2 Å². The van der Waals surface area contributed by atoms with Crippen molar-refractivity contribution in [2.75, 3.05) is 20.2 Å². The Kier molecular flexibility index (Phi) is 6.66. The van der Waals surface area contributed by atoms with Crippen LogP contribution in [0.5, 0.6) is 0 Å². The lowest BCUT2D eigenvalue weighted by Crippen LogP contribution is -2.30. The molecule has 0 radical (unpaired) electrons. The van der Waals surface area contributed by atoms with Crippen LogP contribution in [0.2, 0.25) is 0 Å². The van der Waals surface area contributed by atoms with Gasteiger partial charge in [-0.25, -0.2) is 4.79 Å². The Labute approximate surface area is 141 Å².